The average molecular weight is 352 g/mol. The van der Waals surface area contributed by atoms with Gasteiger partial charge in [0.05, 0.1) is 0 Å². The van der Waals surface area contributed by atoms with Crippen LogP contribution in [0.4, 0.5) is 11.4 Å². The number of hydrogen-bond donors (Lipinski definition) is 1. The molecule has 0 saturated carbocycles. The molecule has 136 valence electrons. The molecule has 5 heteroatoms. The number of anilines is 2. The summed E-state index contributed by atoms with van der Waals surface area (Å²) >= 11 is 0. The molecule has 2 aromatic carbocycles. The van der Waals surface area contributed by atoms with Gasteiger partial charge in [-0.15, -0.1) is 0 Å². The first-order valence-corrected chi connectivity index (χ1v) is 9.31. The van der Waals surface area contributed by atoms with Crippen LogP contribution >= 0.6 is 0 Å². The Morgan fingerprint density at radius 3 is 2.46 bits per heavy atom. The van der Waals surface area contributed by atoms with E-state index in [4.69, 9.17) is 9.47 Å². The number of hydrogen-bond acceptors (Lipinski definition) is 4. The van der Waals surface area contributed by atoms with E-state index in [1.807, 2.05) is 30.3 Å². The summed E-state index contributed by atoms with van der Waals surface area (Å²) in [5.41, 5.74) is 3.16. The number of rotatable bonds is 5. The number of carbonyl (C=O) groups is 1. The number of carbonyl (C=O) groups excluding carboxylic acids is 1. The molecule has 0 radical (unpaired) electrons. The quantitative estimate of drug-likeness (QED) is 0.893. The third-order valence-electron chi connectivity index (χ3n) is 4.87. The molecule has 1 N–H and O–H groups in total. The Morgan fingerprint density at radius 1 is 0.962 bits per heavy atom. The van der Waals surface area contributed by atoms with E-state index in [0.717, 1.165) is 35.8 Å². The zero-order valence-corrected chi connectivity index (χ0v) is 14.9. The lowest BCUT2D eigenvalue weighted by Crippen LogP contribution is -2.17. The molecule has 0 atom stereocenters. The van der Waals surface area contributed by atoms with E-state index in [9.17, 15) is 4.79 Å². The highest BCUT2D eigenvalue weighted by molar-refractivity contribution is 5.91. The highest BCUT2D eigenvalue weighted by Crippen LogP contribution is 2.31. The molecule has 1 amide bonds. The molecule has 1 saturated heterocycles. The highest BCUT2D eigenvalue weighted by atomic mass is 16.6. The zero-order chi connectivity index (χ0) is 17.8. The molecule has 2 heterocycles. The van der Waals surface area contributed by atoms with Gasteiger partial charge in [-0.1, -0.05) is 6.07 Å². The fourth-order valence-electron chi connectivity index (χ4n) is 3.46. The van der Waals surface area contributed by atoms with Gasteiger partial charge in [-0.3, -0.25) is 4.79 Å². The molecule has 5 nitrogen and oxygen atoms in total. The van der Waals surface area contributed by atoms with Crippen molar-refractivity contribution in [1.29, 1.82) is 0 Å². The van der Waals surface area contributed by atoms with Crippen LogP contribution < -0.4 is 19.7 Å². The number of nitrogens with one attached hydrogen (secondary N) is 1. The predicted molar refractivity (Wildman–Crippen MR) is 102 cm³/mol. The summed E-state index contributed by atoms with van der Waals surface area (Å²) in [6.07, 6.45) is 3.64. The number of nitrogens with zero attached hydrogens (tertiary/aromatic N) is 1. The van der Waals surface area contributed by atoms with E-state index in [1.54, 1.807) is 0 Å². The maximum absolute atomic E-state index is 12.2. The largest absolute Gasteiger partial charge is 0.486 e. The Morgan fingerprint density at radius 2 is 1.69 bits per heavy atom. The standard InChI is InChI=1S/C21H24N2O3/c24-21(10-4-16-3-9-19-20(15-16)26-14-13-25-19)22-17-5-7-18(8-6-17)23-11-1-2-12-23/h3,5-9,15H,1-2,4,10-14H2,(H,22,24). The monoisotopic (exact) mass is 352 g/mol. The number of benzene rings is 2. The van der Waals surface area contributed by atoms with E-state index in [1.165, 1.54) is 18.5 Å². The minimum absolute atomic E-state index is 0.0220. The summed E-state index contributed by atoms with van der Waals surface area (Å²) in [6.45, 7) is 3.41. The van der Waals surface area contributed by atoms with Crippen molar-refractivity contribution < 1.29 is 14.3 Å². The maximum atomic E-state index is 12.2. The summed E-state index contributed by atoms with van der Waals surface area (Å²) < 4.78 is 11.1. The zero-order valence-electron chi connectivity index (χ0n) is 14.9. The van der Waals surface area contributed by atoms with E-state index in [2.05, 4.69) is 22.3 Å². The fourth-order valence-corrected chi connectivity index (χ4v) is 3.46. The molecule has 0 bridgehead atoms. The fraction of sp³-hybridized carbons (Fsp3) is 0.381. The lowest BCUT2D eigenvalue weighted by atomic mass is 10.1. The van der Waals surface area contributed by atoms with Gasteiger partial charge in [-0.05, 0) is 61.2 Å². The number of amides is 1. The predicted octanol–water partition coefficient (Wildman–Crippen LogP) is 3.63. The van der Waals surface area contributed by atoms with Crippen LogP contribution in [0.25, 0.3) is 0 Å². The van der Waals surface area contributed by atoms with Crippen molar-refractivity contribution in [3.63, 3.8) is 0 Å². The number of fused-ring (bicyclic) bond motifs is 1. The van der Waals surface area contributed by atoms with Gasteiger partial charge < -0.3 is 19.7 Å². The topological polar surface area (TPSA) is 50.8 Å². The van der Waals surface area contributed by atoms with Crippen molar-refractivity contribution in [3.05, 3.63) is 48.0 Å². The van der Waals surface area contributed by atoms with Crippen LogP contribution in [0.3, 0.4) is 0 Å². The second-order valence-corrected chi connectivity index (χ2v) is 6.77. The average Bonchev–Trinajstić information content (AvgIpc) is 3.22. The number of ether oxygens (including phenoxy) is 2. The van der Waals surface area contributed by atoms with E-state index in [-0.39, 0.29) is 5.91 Å². The smallest absolute Gasteiger partial charge is 0.224 e. The first-order valence-electron chi connectivity index (χ1n) is 9.31. The molecule has 0 spiro atoms. The summed E-state index contributed by atoms with van der Waals surface area (Å²) in [5.74, 6) is 1.57. The summed E-state index contributed by atoms with van der Waals surface area (Å²) in [5, 5.41) is 2.98. The van der Waals surface area contributed by atoms with Gasteiger partial charge in [0.25, 0.3) is 0 Å². The molecule has 2 aromatic rings. The molecule has 26 heavy (non-hydrogen) atoms. The molecule has 0 aliphatic carbocycles. The first kappa shape index (κ1) is 16.8. The van der Waals surface area contributed by atoms with Gasteiger partial charge in [0.2, 0.25) is 5.91 Å². The Labute approximate surface area is 153 Å². The van der Waals surface area contributed by atoms with E-state index < -0.39 is 0 Å². The Balaban J connectivity index is 1.29. The number of aryl methyl sites for hydroxylation is 1. The molecule has 0 unspecified atom stereocenters. The van der Waals surface area contributed by atoms with Crippen LogP contribution in [0.15, 0.2) is 42.5 Å². The summed E-state index contributed by atoms with van der Waals surface area (Å²) in [7, 11) is 0. The molecule has 1 fully saturated rings. The van der Waals surface area contributed by atoms with Gasteiger partial charge in [0, 0.05) is 30.9 Å². The van der Waals surface area contributed by atoms with Gasteiger partial charge in [0.15, 0.2) is 11.5 Å². The van der Waals surface area contributed by atoms with Gasteiger partial charge in [-0.2, -0.15) is 0 Å². The van der Waals surface area contributed by atoms with Crippen LogP contribution in [0.2, 0.25) is 0 Å². The molecule has 4 rings (SSSR count). The van der Waals surface area contributed by atoms with E-state index in [0.29, 0.717) is 26.1 Å². The van der Waals surface area contributed by atoms with Crippen molar-refractivity contribution >= 4 is 17.3 Å². The molecular weight excluding hydrogens is 328 g/mol. The van der Waals surface area contributed by atoms with Crippen molar-refractivity contribution in [2.75, 3.05) is 36.5 Å². The van der Waals surface area contributed by atoms with Gasteiger partial charge >= 0.3 is 0 Å². The third-order valence-corrected chi connectivity index (χ3v) is 4.87. The third kappa shape index (κ3) is 3.93. The van der Waals surface area contributed by atoms with Crippen LogP contribution in [0.5, 0.6) is 11.5 Å². The maximum Gasteiger partial charge on any atom is 0.224 e. The Bertz CT molecular complexity index is 767. The highest BCUT2D eigenvalue weighted by Gasteiger charge is 2.13. The van der Waals surface area contributed by atoms with Crippen molar-refractivity contribution in [1.82, 2.24) is 0 Å². The Hall–Kier alpha value is -2.69. The molecule has 2 aliphatic heterocycles. The minimum atomic E-state index is 0.0220. The lowest BCUT2D eigenvalue weighted by Gasteiger charge is -2.19. The molecular formula is C21H24N2O3. The van der Waals surface area contributed by atoms with Crippen LogP contribution in [0.1, 0.15) is 24.8 Å². The van der Waals surface area contributed by atoms with E-state index >= 15 is 0 Å². The summed E-state index contributed by atoms with van der Waals surface area (Å²) in [6, 6.07) is 14.0. The second kappa shape index (κ2) is 7.68. The lowest BCUT2D eigenvalue weighted by molar-refractivity contribution is -0.116. The van der Waals surface area contributed by atoms with Crippen LogP contribution in [-0.4, -0.2) is 32.2 Å². The van der Waals surface area contributed by atoms with Crippen molar-refractivity contribution in [2.24, 2.45) is 0 Å². The van der Waals surface area contributed by atoms with Crippen molar-refractivity contribution in [3.8, 4) is 11.5 Å². The van der Waals surface area contributed by atoms with Crippen molar-refractivity contribution in [2.45, 2.75) is 25.7 Å². The van der Waals surface area contributed by atoms with Crippen LogP contribution in [-0.2, 0) is 11.2 Å². The normalized spacial score (nSPS) is 15.8. The molecule has 2 aliphatic rings. The first-order chi connectivity index (χ1) is 12.8. The van der Waals surface area contributed by atoms with Gasteiger partial charge in [-0.25, -0.2) is 0 Å². The SMILES string of the molecule is O=C(CCc1ccc2c(c1)OCCO2)Nc1ccc(N2CCCC2)cc1. The van der Waals surface area contributed by atoms with Gasteiger partial charge in [0.1, 0.15) is 13.2 Å². The van der Waals surface area contributed by atoms with Crippen LogP contribution in [0, 0.1) is 0 Å². The second-order valence-electron chi connectivity index (χ2n) is 6.77. The Kier molecular flexibility index (Phi) is 4.95. The molecule has 0 aromatic heterocycles. The summed E-state index contributed by atoms with van der Waals surface area (Å²) in [4.78, 5) is 14.6. The minimum Gasteiger partial charge on any atom is -0.486 e.